The molecule has 0 unspecified atom stereocenters. The molecule has 14 heavy (non-hydrogen) atoms. The molecule has 0 aromatic carbocycles. The zero-order valence-electron chi connectivity index (χ0n) is 9.55. The summed E-state index contributed by atoms with van der Waals surface area (Å²) in [5.41, 5.74) is 0. The molecule has 0 aromatic rings. The highest BCUT2D eigenvalue weighted by Gasteiger charge is 2.21. The molecule has 0 radical (unpaired) electrons. The maximum absolute atomic E-state index is 11.1. The van der Waals surface area contributed by atoms with Crippen LogP contribution in [-0.4, -0.2) is 37.5 Å². The molecule has 1 rings (SSSR count). The van der Waals surface area contributed by atoms with Crippen molar-refractivity contribution < 1.29 is 4.79 Å². The van der Waals surface area contributed by atoms with Crippen LogP contribution in [0.25, 0.3) is 0 Å². The minimum atomic E-state index is 0.181. The second-order valence-corrected chi connectivity index (χ2v) is 4.41. The molecule has 1 N–H and O–H groups in total. The van der Waals surface area contributed by atoms with Crippen LogP contribution in [0.2, 0.25) is 0 Å². The van der Waals surface area contributed by atoms with Crippen molar-refractivity contribution in [2.75, 3.05) is 20.6 Å². The molecule has 0 heterocycles. The normalized spacial score (nSPS) is 27.4. The lowest BCUT2D eigenvalue weighted by atomic mass is 9.86. The van der Waals surface area contributed by atoms with Gasteiger partial charge in [0, 0.05) is 26.6 Å². The number of carbonyl (C=O) groups is 1. The largest absolute Gasteiger partial charge is 0.346 e. The Kier molecular flexibility index (Phi) is 4.39. The molecule has 0 aromatic heterocycles. The average molecular weight is 198 g/mol. The molecule has 1 amide bonds. The van der Waals surface area contributed by atoms with Crippen molar-refractivity contribution in [2.45, 2.75) is 38.6 Å². The molecular weight excluding hydrogens is 176 g/mol. The minimum absolute atomic E-state index is 0.181. The highest BCUT2D eigenvalue weighted by atomic mass is 16.2. The summed E-state index contributed by atoms with van der Waals surface area (Å²) in [7, 11) is 3.93. The number of rotatable bonds is 3. The van der Waals surface area contributed by atoms with Gasteiger partial charge in [-0.2, -0.15) is 0 Å². The van der Waals surface area contributed by atoms with Gasteiger partial charge in [0.1, 0.15) is 0 Å². The Hall–Kier alpha value is -0.570. The van der Waals surface area contributed by atoms with Crippen LogP contribution in [0.5, 0.6) is 0 Å². The topological polar surface area (TPSA) is 32.3 Å². The molecule has 0 atom stereocenters. The van der Waals surface area contributed by atoms with Gasteiger partial charge in [-0.1, -0.05) is 0 Å². The van der Waals surface area contributed by atoms with Gasteiger partial charge in [0.25, 0.3) is 0 Å². The second-order valence-electron chi connectivity index (χ2n) is 4.41. The first-order valence-electron chi connectivity index (χ1n) is 5.52. The minimum Gasteiger partial charge on any atom is -0.346 e. The Bertz CT molecular complexity index is 186. The van der Waals surface area contributed by atoms with Crippen LogP contribution < -0.4 is 5.32 Å². The molecule has 3 heteroatoms. The summed E-state index contributed by atoms with van der Waals surface area (Å²) in [5, 5.41) is 3.32. The maximum atomic E-state index is 11.1. The van der Waals surface area contributed by atoms with Crippen LogP contribution in [0.4, 0.5) is 0 Å². The van der Waals surface area contributed by atoms with Gasteiger partial charge in [-0.15, -0.1) is 0 Å². The standard InChI is InChI=1S/C11H22N2O/c1-9(14)13(3)8-10-4-6-11(12-2)7-5-10/h10-12H,4-8H2,1-3H3. The predicted octanol–water partition coefficient (Wildman–Crippen LogP) is 1.24. The third-order valence-corrected chi connectivity index (χ3v) is 3.32. The van der Waals surface area contributed by atoms with Crippen LogP contribution in [0.3, 0.4) is 0 Å². The van der Waals surface area contributed by atoms with E-state index < -0.39 is 0 Å². The smallest absolute Gasteiger partial charge is 0.219 e. The molecule has 0 aliphatic heterocycles. The van der Waals surface area contributed by atoms with Crippen molar-refractivity contribution in [3.63, 3.8) is 0 Å². The van der Waals surface area contributed by atoms with Crippen LogP contribution >= 0.6 is 0 Å². The SMILES string of the molecule is CNC1CCC(CN(C)C(C)=O)CC1. The van der Waals surface area contributed by atoms with Gasteiger partial charge in [-0.25, -0.2) is 0 Å². The number of amides is 1. The lowest BCUT2D eigenvalue weighted by Gasteiger charge is -2.30. The zero-order valence-corrected chi connectivity index (χ0v) is 9.55. The monoisotopic (exact) mass is 198 g/mol. The van der Waals surface area contributed by atoms with Gasteiger partial charge >= 0.3 is 0 Å². The fourth-order valence-electron chi connectivity index (χ4n) is 2.15. The lowest BCUT2D eigenvalue weighted by molar-refractivity contribution is -0.128. The molecule has 1 fully saturated rings. The van der Waals surface area contributed by atoms with Crippen molar-refractivity contribution in [2.24, 2.45) is 5.92 Å². The fourth-order valence-corrected chi connectivity index (χ4v) is 2.15. The number of nitrogens with one attached hydrogen (secondary N) is 1. The highest BCUT2D eigenvalue weighted by molar-refractivity contribution is 5.72. The average Bonchev–Trinajstić information content (AvgIpc) is 2.19. The first kappa shape index (κ1) is 11.5. The third-order valence-electron chi connectivity index (χ3n) is 3.32. The van der Waals surface area contributed by atoms with Crippen LogP contribution in [0.15, 0.2) is 0 Å². The van der Waals surface area contributed by atoms with Gasteiger partial charge in [-0.3, -0.25) is 4.79 Å². The molecule has 1 aliphatic carbocycles. The van der Waals surface area contributed by atoms with Crippen molar-refractivity contribution in [1.29, 1.82) is 0 Å². The van der Waals surface area contributed by atoms with Gasteiger partial charge in [0.05, 0.1) is 0 Å². The molecule has 82 valence electrons. The van der Waals surface area contributed by atoms with Crippen molar-refractivity contribution in [3.05, 3.63) is 0 Å². The Morgan fingerprint density at radius 1 is 1.36 bits per heavy atom. The molecule has 3 nitrogen and oxygen atoms in total. The van der Waals surface area contributed by atoms with Crippen molar-refractivity contribution in [3.8, 4) is 0 Å². The van der Waals surface area contributed by atoms with E-state index in [1.54, 1.807) is 6.92 Å². The Labute approximate surface area is 86.9 Å². The second kappa shape index (κ2) is 5.35. The van der Waals surface area contributed by atoms with Crippen LogP contribution in [0.1, 0.15) is 32.6 Å². The Morgan fingerprint density at radius 3 is 2.36 bits per heavy atom. The third kappa shape index (κ3) is 3.29. The first-order valence-corrected chi connectivity index (χ1v) is 5.52. The van der Waals surface area contributed by atoms with E-state index in [0.717, 1.165) is 6.54 Å². The lowest BCUT2D eigenvalue weighted by Crippen LogP contribution is -2.35. The van der Waals surface area contributed by atoms with E-state index in [-0.39, 0.29) is 5.91 Å². The van der Waals surface area contributed by atoms with Crippen molar-refractivity contribution in [1.82, 2.24) is 10.2 Å². The summed E-state index contributed by atoms with van der Waals surface area (Å²) < 4.78 is 0. The summed E-state index contributed by atoms with van der Waals surface area (Å²) in [5.74, 6) is 0.897. The summed E-state index contributed by atoms with van der Waals surface area (Å²) >= 11 is 0. The van der Waals surface area contributed by atoms with E-state index in [0.29, 0.717) is 12.0 Å². The van der Waals surface area contributed by atoms with E-state index in [4.69, 9.17) is 0 Å². The van der Waals surface area contributed by atoms with Crippen LogP contribution in [0, 0.1) is 5.92 Å². The number of hydrogen-bond acceptors (Lipinski definition) is 2. The number of carbonyl (C=O) groups excluding carboxylic acids is 1. The molecule has 1 aliphatic rings. The molecule has 0 bridgehead atoms. The Morgan fingerprint density at radius 2 is 1.93 bits per heavy atom. The van der Waals surface area contributed by atoms with Crippen LogP contribution in [-0.2, 0) is 4.79 Å². The van der Waals surface area contributed by atoms with Crippen molar-refractivity contribution >= 4 is 5.91 Å². The van der Waals surface area contributed by atoms with Gasteiger partial charge < -0.3 is 10.2 Å². The summed E-state index contributed by atoms with van der Waals surface area (Å²) in [6.07, 6.45) is 5.02. The van der Waals surface area contributed by atoms with Gasteiger partial charge in [0.15, 0.2) is 0 Å². The Balaban J connectivity index is 2.25. The summed E-state index contributed by atoms with van der Waals surface area (Å²) in [4.78, 5) is 12.9. The summed E-state index contributed by atoms with van der Waals surface area (Å²) in [6.45, 7) is 2.57. The summed E-state index contributed by atoms with van der Waals surface area (Å²) in [6, 6.07) is 0.703. The zero-order chi connectivity index (χ0) is 10.6. The van der Waals surface area contributed by atoms with E-state index in [1.165, 1.54) is 25.7 Å². The maximum Gasteiger partial charge on any atom is 0.219 e. The van der Waals surface area contributed by atoms with E-state index in [1.807, 2.05) is 19.0 Å². The van der Waals surface area contributed by atoms with Gasteiger partial charge in [-0.05, 0) is 38.6 Å². The van der Waals surface area contributed by atoms with Gasteiger partial charge in [0.2, 0.25) is 5.91 Å². The highest BCUT2D eigenvalue weighted by Crippen LogP contribution is 2.24. The molecule has 0 spiro atoms. The first-order chi connectivity index (χ1) is 6.63. The number of nitrogens with zero attached hydrogens (tertiary/aromatic N) is 1. The van der Waals surface area contributed by atoms with E-state index in [9.17, 15) is 4.79 Å². The molecule has 0 saturated heterocycles. The number of hydrogen-bond donors (Lipinski definition) is 1. The predicted molar refractivity (Wildman–Crippen MR) is 58.1 cm³/mol. The fraction of sp³-hybridized carbons (Fsp3) is 0.909. The molecular formula is C11H22N2O. The molecule has 1 saturated carbocycles. The van der Waals surface area contributed by atoms with E-state index >= 15 is 0 Å². The quantitative estimate of drug-likeness (QED) is 0.740. The van der Waals surface area contributed by atoms with E-state index in [2.05, 4.69) is 5.32 Å².